The predicted molar refractivity (Wildman–Crippen MR) is 115 cm³/mol. The molecule has 0 fully saturated rings. The van der Waals surface area contributed by atoms with Crippen molar-refractivity contribution in [3.8, 4) is 0 Å². The third kappa shape index (κ3) is 6.10. The van der Waals surface area contributed by atoms with Crippen molar-refractivity contribution in [2.45, 2.75) is 40.2 Å². The molecule has 0 aliphatic carbocycles. The van der Waals surface area contributed by atoms with Gasteiger partial charge in [-0.2, -0.15) is 4.68 Å². The van der Waals surface area contributed by atoms with Crippen LogP contribution in [0.1, 0.15) is 52.3 Å². The molecular weight excluding hydrogens is 496 g/mol. The first kappa shape index (κ1) is 24.5. The van der Waals surface area contributed by atoms with E-state index >= 15 is 0 Å². The van der Waals surface area contributed by atoms with Crippen LogP contribution in [0.3, 0.4) is 0 Å². The number of aryl methyl sites for hydroxylation is 1. The Hall–Kier alpha value is -2.80. The van der Waals surface area contributed by atoms with Gasteiger partial charge in [-0.05, 0) is 46.7 Å². The van der Waals surface area contributed by atoms with Crippen LogP contribution < -0.4 is 5.32 Å². The summed E-state index contributed by atoms with van der Waals surface area (Å²) in [5.41, 5.74) is 0.471. The molecule has 0 radical (unpaired) electrons. The molecule has 31 heavy (non-hydrogen) atoms. The second-order valence-corrected chi connectivity index (χ2v) is 8.11. The molecule has 0 spiro atoms. The standard InChI is InChI=1S/C18H21BrN4O7S/c1-4-8-30-17(25)13-10(3)14(18(26)29-5-2)31-16(13)20-12(24)6-7-22-9-11(19)15(21-22)23(27)28/h9H,4-8H2,1-3H3,(H,20,24). The first-order chi connectivity index (χ1) is 14.7. The van der Waals surface area contributed by atoms with Crippen LogP contribution in [-0.4, -0.2) is 45.8 Å². The maximum absolute atomic E-state index is 12.5. The number of anilines is 1. The molecular formula is C18H21BrN4O7S. The summed E-state index contributed by atoms with van der Waals surface area (Å²) >= 11 is 3.97. The van der Waals surface area contributed by atoms with E-state index in [-0.39, 0.29) is 51.9 Å². The highest BCUT2D eigenvalue weighted by Gasteiger charge is 2.27. The van der Waals surface area contributed by atoms with Gasteiger partial charge in [0.1, 0.15) is 14.4 Å². The molecule has 2 heterocycles. The van der Waals surface area contributed by atoms with Crippen molar-refractivity contribution in [2.75, 3.05) is 18.5 Å². The van der Waals surface area contributed by atoms with E-state index < -0.39 is 22.8 Å². The first-order valence-corrected chi connectivity index (χ1v) is 10.9. The van der Waals surface area contributed by atoms with Crippen molar-refractivity contribution in [1.29, 1.82) is 0 Å². The van der Waals surface area contributed by atoms with Gasteiger partial charge in [0.2, 0.25) is 5.91 Å². The number of amides is 1. The van der Waals surface area contributed by atoms with Gasteiger partial charge in [-0.25, -0.2) is 9.59 Å². The smallest absolute Gasteiger partial charge is 0.404 e. The van der Waals surface area contributed by atoms with Crippen molar-refractivity contribution in [3.63, 3.8) is 0 Å². The minimum atomic E-state index is -0.645. The summed E-state index contributed by atoms with van der Waals surface area (Å²) in [6.07, 6.45) is 1.94. The van der Waals surface area contributed by atoms with Crippen LogP contribution in [-0.2, 0) is 20.8 Å². The van der Waals surface area contributed by atoms with E-state index in [1.54, 1.807) is 13.8 Å². The third-order valence-electron chi connectivity index (χ3n) is 3.94. The Kier molecular flexibility index (Phi) is 8.68. The Morgan fingerprint density at radius 3 is 2.58 bits per heavy atom. The average Bonchev–Trinajstić information content (AvgIpc) is 3.24. The zero-order valence-corrected chi connectivity index (χ0v) is 19.5. The third-order valence-corrected chi connectivity index (χ3v) is 5.69. The zero-order valence-electron chi connectivity index (χ0n) is 17.1. The number of ether oxygens (including phenoxy) is 2. The average molecular weight is 517 g/mol. The minimum Gasteiger partial charge on any atom is -0.462 e. The molecule has 13 heteroatoms. The Bertz CT molecular complexity index is 1000. The maximum atomic E-state index is 12.5. The lowest BCUT2D eigenvalue weighted by Crippen LogP contribution is -2.17. The molecule has 11 nitrogen and oxygen atoms in total. The van der Waals surface area contributed by atoms with Crippen molar-refractivity contribution < 1.29 is 28.8 Å². The monoisotopic (exact) mass is 516 g/mol. The quantitative estimate of drug-likeness (QED) is 0.286. The normalized spacial score (nSPS) is 10.6. The van der Waals surface area contributed by atoms with Crippen molar-refractivity contribution in [3.05, 3.63) is 36.8 Å². The van der Waals surface area contributed by atoms with E-state index in [0.29, 0.717) is 12.0 Å². The van der Waals surface area contributed by atoms with Gasteiger partial charge in [-0.3, -0.25) is 4.79 Å². The molecule has 0 atom stereocenters. The van der Waals surface area contributed by atoms with Gasteiger partial charge in [0, 0.05) is 6.42 Å². The largest absolute Gasteiger partial charge is 0.462 e. The summed E-state index contributed by atoms with van der Waals surface area (Å²) in [5.74, 6) is -2.05. The molecule has 0 aromatic carbocycles. The second-order valence-electron chi connectivity index (χ2n) is 6.24. The van der Waals surface area contributed by atoms with Gasteiger partial charge in [0.15, 0.2) is 0 Å². The van der Waals surface area contributed by atoms with Gasteiger partial charge in [-0.15, -0.1) is 11.3 Å². The van der Waals surface area contributed by atoms with E-state index in [2.05, 4.69) is 26.3 Å². The highest BCUT2D eigenvalue weighted by atomic mass is 79.9. The van der Waals surface area contributed by atoms with Gasteiger partial charge >= 0.3 is 17.8 Å². The summed E-state index contributed by atoms with van der Waals surface area (Å²) in [7, 11) is 0. The zero-order chi connectivity index (χ0) is 23.1. The summed E-state index contributed by atoms with van der Waals surface area (Å²) in [6.45, 7) is 5.53. The molecule has 2 aromatic heterocycles. The van der Waals surface area contributed by atoms with Crippen molar-refractivity contribution in [2.24, 2.45) is 0 Å². The fraction of sp³-hybridized carbons (Fsp3) is 0.444. The second kappa shape index (κ2) is 11.0. The van der Waals surface area contributed by atoms with Crippen LogP contribution in [0.5, 0.6) is 0 Å². The van der Waals surface area contributed by atoms with Crippen LogP contribution in [0.25, 0.3) is 0 Å². The molecule has 2 rings (SSSR count). The molecule has 1 amide bonds. The number of nitrogens with zero attached hydrogens (tertiary/aromatic N) is 3. The number of nitrogens with one attached hydrogen (secondary N) is 1. The van der Waals surface area contributed by atoms with Crippen LogP contribution >= 0.6 is 27.3 Å². The molecule has 0 saturated carbocycles. The lowest BCUT2D eigenvalue weighted by atomic mass is 10.1. The maximum Gasteiger partial charge on any atom is 0.404 e. The molecule has 168 valence electrons. The minimum absolute atomic E-state index is 0.0690. The number of hydrogen-bond acceptors (Lipinski definition) is 9. The Balaban J connectivity index is 2.19. The summed E-state index contributed by atoms with van der Waals surface area (Å²) < 4.78 is 11.7. The van der Waals surface area contributed by atoms with E-state index in [9.17, 15) is 24.5 Å². The summed E-state index contributed by atoms with van der Waals surface area (Å²) in [5, 5.41) is 17.5. The molecule has 0 aliphatic rings. The van der Waals surface area contributed by atoms with Crippen LogP contribution in [0.4, 0.5) is 10.8 Å². The first-order valence-electron chi connectivity index (χ1n) is 9.34. The Morgan fingerprint density at radius 2 is 2.00 bits per heavy atom. The highest BCUT2D eigenvalue weighted by molar-refractivity contribution is 9.10. The van der Waals surface area contributed by atoms with Crippen molar-refractivity contribution >= 4 is 55.9 Å². The van der Waals surface area contributed by atoms with Crippen LogP contribution in [0.2, 0.25) is 0 Å². The molecule has 1 N–H and O–H groups in total. The molecule has 0 saturated heterocycles. The predicted octanol–water partition coefficient (Wildman–Crippen LogP) is 3.70. The van der Waals surface area contributed by atoms with E-state index in [1.807, 2.05) is 6.92 Å². The lowest BCUT2D eigenvalue weighted by Gasteiger charge is -2.07. The van der Waals surface area contributed by atoms with Crippen molar-refractivity contribution in [1.82, 2.24) is 9.78 Å². The number of aromatic nitrogens is 2. The molecule has 0 aliphatic heterocycles. The number of halogens is 1. The molecule has 0 bridgehead atoms. The number of nitro groups is 1. The number of hydrogen-bond donors (Lipinski definition) is 1. The van der Waals surface area contributed by atoms with Gasteiger partial charge < -0.3 is 24.9 Å². The number of carbonyl (C=O) groups is 3. The van der Waals surface area contributed by atoms with Gasteiger partial charge in [0.25, 0.3) is 0 Å². The number of thiophene rings is 1. The topological polar surface area (TPSA) is 143 Å². The Morgan fingerprint density at radius 1 is 1.29 bits per heavy atom. The number of carbonyl (C=O) groups excluding carboxylic acids is 3. The molecule has 2 aromatic rings. The SMILES string of the molecule is CCCOC(=O)c1c(NC(=O)CCn2cc(Br)c([N+](=O)[O-])n2)sc(C(=O)OCC)c1C. The number of rotatable bonds is 10. The van der Waals surface area contributed by atoms with E-state index in [0.717, 1.165) is 11.3 Å². The van der Waals surface area contributed by atoms with Gasteiger partial charge in [-0.1, -0.05) is 6.92 Å². The molecule has 0 unspecified atom stereocenters. The van der Waals surface area contributed by atoms with Gasteiger partial charge in [0.05, 0.1) is 36.6 Å². The van der Waals surface area contributed by atoms with Crippen LogP contribution in [0.15, 0.2) is 10.7 Å². The van der Waals surface area contributed by atoms with E-state index in [4.69, 9.17) is 9.47 Å². The highest BCUT2D eigenvalue weighted by Crippen LogP contribution is 2.34. The Labute approximate surface area is 190 Å². The fourth-order valence-corrected chi connectivity index (χ4v) is 4.10. The number of esters is 2. The summed E-state index contributed by atoms with van der Waals surface area (Å²) in [4.78, 5) is 47.6. The van der Waals surface area contributed by atoms with Crippen LogP contribution in [0, 0.1) is 17.0 Å². The lowest BCUT2D eigenvalue weighted by molar-refractivity contribution is -0.390. The fourth-order valence-electron chi connectivity index (χ4n) is 2.54. The summed E-state index contributed by atoms with van der Waals surface area (Å²) in [6, 6.07) is 0. The van der Waals surface area contributed by atoms with E-state index in [1.165, 1.54) is 10.9 Å².